The number of rotatable bonds is 41. The predicted molar refractivity (Wildman–Crippen MR) is 473 cm³/mol. The standard InChI is InChI=1S/C92H139N13O23/c1-60-16-10-9-11-17-61(2)77(115-7)55-70-23-20-65(6)92(114,128-70)86(111)89(112)104-29-14-12-19-73(104)90(113)126-78(56-74(106)62(3)51-64(5)84(109)85(110)83(108)63(4)50-60)71(93)52-67-21-24-76(79(53-67)116-8)125-33-15-13-18-69-58-103(101-99-69)32-35-118-37-39-120-41-43-122-45-47-124-49-48-123-46-44-121-42-40-119-38-36-117-34-28-80(107)102-30-26-66(27-31-102)57-105-88-81(87(94)96-59-97-88)82(100-105)68-22-25-75-72(54-68)98-91(95)127-75/h9-11,16-17,22,25,51,54,58-60,62-63,65-67,70-71,73,76-79,84-85,109-110,114H,12-15,18-21,23-24,26-50,52-53,55-57,93H2,1-8H3,(H2,95,98)(H2,94,96,97)/b11-9+,16-10+,61-17+,64-51+/t60-,62-,63-,65-,67+,70+,71-,73+,76-,77+,78+,79-,84-,85+,92-/m1/s1. The van der Waals surface area contributed by atoms with Gasteiger partial charge in [0.05, 0.1) is 154 Å². The van der Waals surface area contributed by atoms with Gasteiger partial charge in [-0.25, -0.2) is 24.1 Å². The lowest BCUT2D eigenvalue weighted by Crippen LogP contribution is -2.61. The average molecular weight is 1800 g/mol. The number of hydrogen-bond donors (Lipinski definition) is 6. The molecule has 0 spiro atoms. The third-order valence-electron chi connectivity index (χ3n) is 24.9. The van der Waals surface area contributed by atoms with Gasteiger partial charge in [-0.2, -0.15) is 10.1 Å². The molecular weight excluding hydrogens is 1660 g/mol. The van der Waals surface area contributed by atoms with E-state index in [1.807, 2.05) is 72.1 Å². The van der Waals surface area contributed by atoms with E-state index in [1.165, 1.54) is 19.3 Å². The first kappa shape index (κ1) is 102. The second kappa shape index (κ2) is 52.7. The lowest BCUT2D eigenvalue weighted by Gasteiger charge is -2.42. The van der Waals surface area contributed by atoms with Gasteiger partial charge in [-0.3, -0.25) is 24.0 Å². The Kier molecular flexibility index (Phi) is 41.9. The monoisotopic (exact) mass is 1790 g/mol. The van der Waals surface area contributed by atoms with Crippen molar-refractivity contribution in [3.05, 3.63) is 84.0 Å². The summed E-state index contributed by atoms with van der Waals surface area (Å²) in [5.74, 6) is -8.19. The molecule has 10 rings (SSSR count). The molecule has 1 aromatic carbocycles. The quantitative estimate of drug-likeness (QED) is 0.00958. The number of aliphatic hydroxyl groups excluding tert-OH is 2. The number of aromatic nitrogens is 8. The highest BCUT2D eigenvalue weighted by molar-refractivity contribution is 6.39. The number of methoxy groups -OCH3 is 2. The number of ketones is 3. The fourth-order valence-electron chi connectivity index (χ4n) is 17.2. The number of piperidine rings is 2. The first-order valence-corrected chi connectivity index (χ1v) is 45.8. The van der Waals surface area contributed by atoms with Gasteiger partial charge in [-0.15, -0.1) is 5.10 Å². The smallest absolute Gasteiger partial charge is 0.329 e. The number of allylic oxidation sites excluding steroid dienone is 6. The van der Waals surface area contributed by atoms with E-state index in [0.29, 0.717) is 249 Å². The average Bonchev–Trinajstić information content (AvgIpc) is 1.55. The number of unbranched alkanes of at least 4 members (excludes halogenated alkanes) is 1. The highest BCUT2D eigenvalue weighted by Gasteiger charge is 2.53. The molecule has 1 saturated carbocycles. The van der Waals surface area contributed by atoms with Crippen LogP contribution in [0.15, 0.2) is 82.7 Å². The fraction of sp³-hybridized carbons (Fsp3) is 0.696. The first-order valence-electron chi connectivity index (χ1n) is 45.8. The maximum absolute atomic E-state index is 14.7. The van der Waals surface area contributed by atoms with Crippen molar-refractivity contribution in [3.8, 4) is 11.3 Å². The normalized spacial score (nSPS) is 27.3. The maximum atomic E-state index is 14.7. The minimum absolute atomic E-state index is 0.0259. The summed E-state index contributed by atoms with van der Waals surface area (Å²) >= 11 is 0. The number of nitrogens with two attached hydrogens (primary N) is 3. The summed E-state index contributed by atoms with van der Waals surface area (Å²) in [6, 6.07) is 3.51. The van der Waals surface area contributed by atoms with E-state index in [4.69, 9.17) is 88.3 Å². The Morgan fingerprint density at radius 3 is 2.04 bits per heavy atom. The summed E-state index contributed by atoms with van der Waals surface area (Å²) < 4.78 is 85.1. The summed E-state index contributed by atoms with van der Waals surface area (Å²) in [5, 5.41) is 48.9. The summed E-state index contributed by atoms with van der Waals surface area (Å²) in [4.78, 5) is 101. The van der Waals surface area contributed by atoms with Gasteiger partial charge >= 0.3 is 5.97 Å². The van der Waals surface area contributed by atoms with Crippen molar-refractivity contribution in [1.82, 2.24) is 49.5 Å². The van der Waals surface area contributed by atoms with Crippen LogP contribution in [0.1, 0.15) is 156 Å². The number of esters is 1. The molecule has 5 aliphatic rings. The molecule has 2 amide bonds. The molecule has 0 radical (unpaired) electrons. The number of ether oxygens (including phenoxy) is 13. The van der Waals surface area contributed by atoms with Gasteiger partial charge in [0, 0.05) is 95.4 Å². The van der Waals surface area contributed by atoms with E-state index < -0.39 is 95.4 Å². The van der Waals surface area contributed by atoms with Crippen molar-refractivity contribution in [3.63, 3.8) is 0 Å². The van der Waals surface area contributed by atoms with E-state index in [9.17, 15) is 44.1 Å². The highest BCUT2D eigenvalue weighted by atomic mass is 16.6. The van der Waals surface area contributed by atoms with Crippen LogP contribution >= 0.6 is 0 Å². The molecule has 5 aromatic rings. The molecule has 15 atom stereocenters. The largest absolute Gasteiger partial charge is 0.459 e. The van der Waals surface area contributed by atoms with Gasteiger partial charge in [-0.05, 0) is 157 Å². The number of carbonyl (C=O) groups is 6. The molecule has 4 aromatic heterocycles. The second-order valence-corrected chi connectivity index (χ2v) is 34.5. The Hall–Kier alpha value is -8.28. The highest BCUT2D eigenvalue weighted by Crippen LogP contribution is 2.39. The van der Waals surface area contributed by atoms with Crippen LogP contribution in [-0.2, 0) is 110 Å². The van der Waals surface area contributed by atoms with Crippen LogP contribution in [-0.4, -0.2) is 307 Å². The number of aliphatic hydroxyl groups is 3. The van der Waals surface area contributed by atoms with Gasteiger partial charge in [0.25, 0.3) is 17.7 Å². The van der Waals surface area contributed by atoms with Crippen molar-refractivity contribution in [2.24, 2.45) is 41.2 Å². The Morgan fingerprint density at radius 1 is 0.695 bits per heavy atom. The number of nitrogens with zero attached hydrogens (tertiary/aromatic N) is 10. The zero-order chi connectivity index (χ0) is 91.5. The van der Waals surface area contributed by atoms with Crippen molar-refractivity contribution in [1.29, 1.82) is 0 Å². The van der Waals surface area contributed by atoms with Crippen molar-refractivity contribution < 1.29 is 110 Å². The molecule has 8 heterocycles. The van der Waals surface area contributed by atoms with E-state index in [-0.39, 0.29) is 67.3 Å². The lowest BCUT2D eigenvalue weighted by molar-refractivity contribution is -0.265. The maximum Gasteiger partial charge on any atom is 0.329 e. The molecular formula is C92H139N13O23. The number of oxazole rings is 1. The molecule has 36 heteroatoms. The molecule has 1 aliphatic carbocycles. The third-order valence-corrected chi connectivity index (χ3v) is 24.9. The topological polar surface area (TPSA) is 468 Å². The number of cyclic esters (lactones) is 1. The Balaban J connectivity index is 0.538. The predicted octanol–water partition coefficient (Wildman–Crippen LogP) is 7.43. The zero-order valence-corrected chi connectivity index (χ0v) is 76.0. The molecule has 128 heavy (non-hydrogen) atoms. The molecule has 4 aliphatic heterocycles. The van der Waals surface area contributed by atoms with Crippen LogP contribution in [0.3, 0.4) is 0 Å². The van der Waals surface area contributed by atoms with Gasteiger partial charge in [0.15, 0.2) is 17.0 Å². The number of aryl methyl sites for hydroxylation is 1. The SMILES string of the molecule is CO[C@H]1C[C@@H]2CC[C@@H](C)[C@@](O)(O2)C(=O)C(=O)N2CCCC[C@H]2C(=O)O[C@H]([C@H](N)C[C@@H]2CC[C@@H](OCCCCc3cn(CCOCCOCCOCCOCCOCCOCCOCCOCCC(=O)N4CCC(Cn5nc(-c6ccc7oc(N)nc7c6)c6c(N)ncnc65)CC4)nn3)[C@H](OC)C2)CC(=O)[C@H](C)/C=C(\C)[C@@H](O)[C@@H](O)C(=O)[C@H](C)C[C@H](C)/C=C/C=C/C=C/1C. The Labute approximate surface area is 750 Å². The number of anilines is 2. The minimum Gasteiger partial charge on any atom is -0.459 e. The van der Waals surface area contributed by atoms with Crippen LogP contribution in [0.5, 0.6) is 0 Å². The van der Waals surface area contributed by atoms with Crippen LogP contribution < -0.4 is 17.2 Å². The number of benzene rings is 1. The third kappa shape index (κ3) is 30.7. The number of likely N-dealkylation sites (tertiary alicyclic amines) is 1. The molecule has 3 saturated heterocycles. The van der Waals surface area contributed by atoms with Crippen molar-refractivity contribution >= 4 is 69.1 Å². The van der Waals surface area contributed by atoms with Crippen LogP contribution in [0.2, 0.25) is 0 Å². The van der Waals surface area contributed by atoms with Crippen LogP contribution in [0.25, 0.3) is 33.4 Å². The van der Waals surface area contributed by atoms with Crippen molar-refractivity contribution in [2.45, 2.75) is 231 Å². The fourth-order valence-corrected chi connectivity index (χ4v) is 17.2. The van der Waals surface area contributed by atoms with Crippen LogP contribution in [0, 0.1) is 35.5 Å². The molecule has 2 bridgehead atoms. The molecule has 0 unspecified atom stereocenters. The number of nitrogen functional groups attached to an aromatic ring is 2. The number of amides is 2. The summed E-state index contributed by atoms with van der Waals surface area (Å²) in [5.41, 5.74) is 24.4. The zero-order valence-electron chi connectivity index (χ0n) is 76.0. The van der Waals surface area contributed by atoms with E-state index >= 15 is 0 Å². The van der Waals surface area contributed by atoms with E-state index in [0.717, 1.165) is 47.4 Å². The summed E-state index contributed by atoms with van der Waals surface area (Å²) in [7, 11) is 3.20. The van der Waals surface area contributed by atoms with Gasteiger partial charge in [0.2, 0.25) is 11.7 Å². The van der Waals surface area contributed by atoms with E-state index in [1.54, 1.807) is 45.7 Å². The lowest BCUT2D eigenvalue weighted by atomic mass is 9.80. The van der Waals surface area contributed by atoms with Gasteiger partial charge in [-0.1, -0.05) is 69.4 Å². The Bertz CT molecular complexity index is 4410. The van der Waals surface area contributed by atoms with Gasteiger partial charge < -0.3 is 108 Å². The first-order chi connectivity index (χ1) is 61.8. The second-order valence-electron chi connectivity index (χ2n) is 34.5. The number of carbonyl (C=O) groups excluding carboxylic acids is 6. The number of Topliss-reactive ketones (excluding diaryl/α,β-unsaturated/α-hetero) is 3. The Morgan fingerprint density at radius 2 is 1.37 bits per heavy atom. The molecule has 4 fully saturated rings. The molecule has 710 valence electrons. The summed E-state index contributed by atoms with van der Waals surface area (Å²) in [6.45, 7) is 20.0. The van der Waals surface area contributed by atoms with Crippen LogP contribution in [0.4, 0.5) is 11.8 Å². The number of fused-ring (bicyclic) bond motifs is 5. The minimum atomic E-state index is -2.49. The van der Waals surface area contributed by atoms with E-state index in [2.05, 4.69) is 25.3 Å². The summed E-state index contributed by atoms with van der Waals surface area (Å²) in [6.07, 6.45) is 16.9. The van der Waals surface area contributed by atoms with Gasteiger partial charge in [0.1, 0.15) is 53.5 Å². The molecule has 36 nitrogen and oxygen atoms in total. The van der Waals surface area contributed by atoms with Crippen molar-refractivity contribution in [2.75, 3.05) is 158 Å². The number of hydrogen-bond acceptors (Lipinski definition) is 32. The molecule has 9 N–H and O–H groups in total.